The van der Waals surface area contributed by atoms with E-state index in [0.29, 0.717) is 43.3 Å². The molecule has 0 spiro atoms. The Labute approximate surface area is 173 Å². The van der Waals surface area contributed by atoms with Gasteiger partial charge in [-0.1, -0.05) is 51.0 Å². The molecular weight excluding hydrogens is 364 g/mol. The van der Waals surface area contributed by atoms with Gasteiger partial charge in [0.2, 0.25) is 0 Å². The molecule has 0 saturated carbocycles. The Kier molecular flexibility index (Phi) is 7.15. The van der Waals surface area contributed by atoms with Crippen LogP contribution in [0.4, 0.5) is 10.5 Å². The molecule has 2 aromatic carbocycles. The number of aliphatic hydroxyl groups is 1. The highest BCUT2D eigenvalue weighted by molar-refractivity contribution is 5.89. The molecular formula is C24H32N2O3. The van der Waals surface area contributed by atoms with Crippen LogP contribution in [-0.4, -0.2) is 34.7 Å². The van der Waals surface area contributed by atoms with Gasteiger partial charge in [0.25, 0.3) is 0 Å². The highest BCUT2D eigenvalue weighted by Crippen LogP contribution is 2.32. The molecule has 1 saturated heterocycles. The van der Waals surface area contributed by atoms with E-state index in [9.17, 15) is 9.90 Å². The van der Waals surface area contributed by atoms with Crippen molar-refractivity contribution >= 4 is 11.7 Å². The second-order valence-corrected chi connectivity index (χ2v) is 7.97. The molecule has 0 atom stereocenters. The number of anilines is 1. The average Bonchev–Trinajstić information content (AvgIpc) is 2.73. The number of nitrogens with zero attached hydrogens (tertiary/aromatic N) is 1. The molecule has 1 heterocycles. The molecule has 3 rings (SSSR count). The van der Waals surface area contributed by atoms with Gasteiger partial charge in [-0.15, -0.1) is 0 Å². The summed E-state index contributed by atoms with van der Waals surface area (Å²) in [6.45, 7) is 5.50. The van der Waals surface area contributed by atoms with Crippen LogP contribution in [0.25, 0.3) is 0 Å². The predicted octanol–water partition coefficient (Wildman–Crippen LogP) is 5.66. The maximum Gasteiger partial charge on any atom is 0.321 e. The Morgan fingerprint density at radius 3 is 2.38 bits per heavy atom. The van der Waals surface area contributed by atoms with Gasteiger partial charge < -0.3 is 20.1 Å². The second kappa shape index (κ2) is 9.79. The van der Waals surface area contributed by atoms with Crippen molar-refractivity contribution in [3.63, 3.8) is 0 Å². The number of rotatable bonds is 7. The molecule has 0 radical (unpaired) electrons. The van der Waals surface area contributed by atoms with Crippen LogP contribution in [0.15, 0.2) is 54.6 Å². The summed E-state index contributed by atoms with van der Waals surface area (Å²) in [5, 5.41) is 13.8. The molecule has 29 heavy (non-hydrogen) atoms. The molecule has 0 bridgehead atoms. The first-order valence-electron chi connectivity index (χ1n) is 10.6. The van der Waals surface area contributed by atoms with E-state index in [1.807, 2.05) is 54.6 Å². The molecule has 1 aliphatic rings. The summed E-state index contributed by atoms with van der Waals surface area (Å²) in [5.41, 5.74) is 0.0537. The van der Waals surface area contributed by atoms with Gasteiger partial charge >= 0.3 is 6.03 Å². The monoisotopic (exact) mass is 396 g/mol. The Bertz CT molecular complexity index is 782. The Morgan fingerprint density at radius 1 is 1.07 bits per heavy atom. The van der Waals surface area contributed by atoms with Crippen molar-refractivity contribution in [3.05, 3.63) is 54.6 Å². The minimum atomic E-state index is -0.642. The number of hydrogen-bond donors (Lipinski definition) is 2. The highest BCUT2D eigenvalue weighted by Gasteiger charge is 2.35. The second-order valence-electron chi connectivity index (χ2n) is 7.97. The minimum absolute atomic E-state index is 0.133. The molecule has 5 nitrogen and oxygen atoms in total. The minimum Gasteiger partial charge on any atom is -0.457 e. The number of amides is 2. The fourth-order valence-corrected chi connectivity index (χ4v) is 3.91. The van der Waals surface area contributed by atoms with Gasteiger partial charge in [-0.3, -0.25) is 0 Å². The van der Waals surface area contributed by atoms with E-state index < -0.39 is 5.60 Å². The first-order valence-corrected chi connectivity index (χ1v) is 10.6. The number of benzene rings is 2. The summed E-state index contributed by atoms with van der Waals surface area (Å²) in [6.07, 6.45) is 4.27. The van der Waals surface area contributed by atoms with Crippen LogP contribution in [0.1, 0.15) is 46.0 Å². The van der Waals surface area contributed by atoms with Crippen molar-refractivity contribution in [2.24, 2.45) is 5.92 Å². The lowest BCUT2D eigenvalue weighted by molar-refractivity contribution is -0.0309. The maximum atomic E-state index is 12.7. The quantitative estimate of drug-likeness (QED) is 0.634. The highest BCUT2D eigenvalue weighted by atomic mass is 16.5. The van der Waals surface area contributed by atoms with Crippen molar-refractivity contribution in [1.29, 1.82) is 0 Å². The fourth-order valence-electron chi connectivity index (χ4n) is 3.91. The van der Waals surface area contributed by atoms with E-state index >= 15 is 0 Å². The van der Waals surface area contributed by atoms with Crippen LogP contribution in [0.2, 0.25) is 0 Å². The van der Waals surface area contributed by atoms with Gasteiger partial charge in [-0.2, -0.15) is 0 Å². The Balaban J connectivity index is 1.54. The largest absolute Gasteiger partial charge is 0.457 e. The number of carbonyl (C=O) groups is 1. The Morgan fingerprint density at radius 2 is 1.72 bits per heavy atom. The van der Waals surface area contributed by atoms with Gasteiger partial charge in [0.05, 0.1) is 5.60 Å². The van der Waals surface area contributed by atoms with Gasteiger partial charge in [-0.25, -0.2) is 4.79 Å². The zero-order valence-corrected chi connectivity index (χ0v) is 17.4. The summed E-state index contributed by atoms with van der Waals surface area (Å²) in [4.78, 5) is 14.5. The van der Waals surface area contributed by atoms with Gasteiger partial charge in [0.1, 0.15) is 11.5 Å². The normalized spacial score (nSPS) is 15.9. The van der Waals surface area contributed by atoms with E-state index in [-0.39, 0.29) is 6.03 Å². The third kappa shape index (κ3) is 5.97. The number of nitrogens with one attached hydrogen (secondary N) is 1. The molecule has 156 valence electrons. The topological polar surface area (TPSA) is 61.8 Å². The molecule has 0 aromatic heterocycles. The van der Waals surface area contributed by atoms with Gasteiger partial charge in [0, 0.05) is 24.8 Å². The standard InChI is InChI=1S/C24H32N2O3/c1-3-19(4-2)18-24(28)13-15-26(16-14-24)23(27)25-20-9-8-12-22(17-20)29-21-10-6-5-7-11-21/h5-12,17,19,28H,3-4,13-16,18H2,1-2H3,(H,25,27). The summed E-state index contributed by atoms with van der Waals surface area (Å²) in [7, 11) is 0. The molecule has 2 aromatic rings. The SMILES string of the molecule is CCC(CC)CC1(O)CCN(C(=O)Nc2cccc(Oc3ccccc3)c2)CC1. The van der Waals surface area contributed by atoms with Crippen LogP contribution in [-0.2, 0) is 0 Å². The van der Waals surface area contributed by atoms with E-state index in [1.54, 1.807) is 4.90 Å². The lowest BCUT2D eigenvalue weighted by atomic mass is 9.81. The van der Waals surface area contributed by atoms with Crippen molar-refractivity contribution in [1.82, 2.24) is 4.90 Å². The molecule has 2 amide bonds. The number of likely N-dealkylation sites (tertiary alicyclic amines) is 1. The summed E-state index contributed by atoms with van der Waals surface area (Å²) in [6, 6.07) is 16.8. The number of urea groups is 1. The van der Waals surface area contributed by atoms with Crippen molar-refractivity contribution in [2.45, 2.75) is 51.6 Å². The molecule has 2 N–H and O–H groups in total. The summed E-state index contributed by atoms with van der Waals surface area (Å²) >= 11 is 0. The average molecular weight is 397 g/mol. The summed E-state index contributed by atoms with van der Waals surface area (Å²) < 4.78 is 5.83. The number of para-hydroxylation sites is 1. The number of ether oxygens (including phenoxy) is 1. The smallest absolute Gasteiger partial charge is 0.321 e. The van der Waals surface area contributed by atoms with Crippen LogP contribution in [0, 0.1) is 5.92 Å². The van der Waals surface area contributed by atoms with Crippen LogP contribution in [0.3, 0.4) is 0 Å². The zero-order chi connectivity index (χ0) is 20.7. The van der Waals surface area contributed by atoms with Crippen molar-refractivity contribution in [2.75, 3.05) is 18.4 Å². The predicted molar refractivity (Wildman–Crippen MR) is 116 cm³/mol. The Hall–Kier alpha value is -2.53. The maximum absolute atomic E-state index is 12.7. The molecule has 1 aliphatic heterocycles. The zero-order valence-electron chi connectivity index (χ0n) is 17.4. The summed E-state index contributed by atoms with van der Waals surface area (Å²) in [5.74, 6) is 1.98. The molecule has 5 heteroatoms. The van der Waals surface area contributed by atoms with Gasteiger partial charge in [0.15, 0.2) is 0 Å². The van der Waals surface area contributed by atoms with E-state index in [0.717, 1.165) is 25.0 Å². The molecule has 0 unspecified atom stereocenters. The lowest BCUT2D eigenvalue weighted by Crippen LogP contribution is -2.48. The number of hydrogen-bond acceptors (Lipinski definition) is 3. The fraction of sp³-hybridized carbons (Fsp3) is 0.458. The van der Waals surface area contributed by atoms with E-state index in [4.69, 9.17) is 4.74 Å². The van der Waals surface area contributed by atoms with Crippen LogP contribution in [0.5, 0.6) is 11.5 Å². The van der Waals surface area contributed by atoms with Crippen LogP contribution >= 0.6 is 0 Å². The van der Waals surface area contributed by atoms with E-state index in [2.05, 4.69) is 19.2 Å². The first kappa shape index (κ1) is 21.2. The first-order chi connectivity index (χ1) is 14.0. The molecule has 1 fully saturated rings. The molecule has 0 aliphatic carbocycles. The van der Waals surface area contributed by atoms with Gasteiger partial charge in [-0.05, 0) is 49.4 Å². The number of piperidine rings is 1. The van der Waals surface area contributed by atoms with E-state index in [1.165, 1.54) is 0 Å². The van der Waals surface area contributed by atoms with Crippen LogP contribution < -0.4 is 10.1 Å². The lowest BCUT2D eigenvalue weighted by Gasteiger charge is -2.39. The third-order valence-corrected chi connectivity index (χ3v) is 5.87. The third-order valence-electron chi connectivity index (χ3n) is 5.87. The van der Waals surface area contributed by atoms with Crippen molar-refractivity contribution < 1.29 is 14.6 Å². The van der Waals surface area contributed by atoms with Crippen molar-refractivity contribution in [3.8, 4) is 11.5 Å². The number of carbonyl (C=O) groups excluding carboxylic acids is 1.